The Bertz CT molecular complexity index is 867. The van der Waals surface area contributed by atoms with Crippen molar-refractivity contribution in [2.75, 3.05) is 11.9 Å². The molecular weight excluding hydrogens is 453 g/mol. The Kier molecular flexibility index (Phi) is 3.83. The molecule has 5 rings (SSSR count). The molecule has 1 aromatic rings. The zero-order valence-electron chi connectivity index (χ0n) is 12.9. The highest BCUT2D eigenvalue weighted by Gasteiger charge is 2.57. The van der Waals surface area contributed by atoms with Crippen molar-refractivity contribution in [1.29, 1.82) is 0 Å². The SMILES string of the molecule is O=C1C2N=C(Br)N([C@@H]3O[C@@H]4COP(O)(=S)O[C@H]4[C@H]3O)C2Nc2nccn21. The van der Waals surface area contributed by atoms with Gasteiger partial charge < -0.3 is 24.6 Å². The number of aromatic nitrogens is 2. The fraction of sp³-hybridized carbons (Fsp3) is 0.583. The summed E-state index contributed by atoms with van der Waals surface area (Å²) >= 11 is 8.19. The largest absolute Gasteiger partial charge is 0.386 e. The first kappa shape index (κ1) is 17.2. The Morgan fingerprint density at radius 2 is 2.31 bits per heavy atom. The Morgan fingerprint density at radius 3 is 3.12 bits per heavy atom. The summed E-state index contributed by atoms with van der Waals surface area (Å²) in [6, 6.07) is -0.731. The van der Waals surface area contributed by atoms with Crippen molar-refractivity contribution < 1.29 is 28.6 Å². The average Bonchev–Trinajstić information content (AvgIpc) is 3.25. The molecule has 0 aromatic carbocycles. The van der Waals surface area contributed by atoms with E-state index in [-0.39, 0.29) is 12.5 Å². The maximum Gasteiger partial charge on any atom is 0.325 e. The molecule has 3 N–H and O–H groups in total. The number of nitrogens with one attached hydrogen (secondary N) is 1. The predicted molar refractivity (Wildman–Crippen MR) is 94.2 cm³/mol. The summed E-state index contributed by atoms with van der Waals surface area (Å²) < 4.78 is 18.1. The molecule has 140 valence electrons. The van der Waals surface area contributed by atoms with Crippen molar-refractivity contribution in [2.45, 2.75) is 36.7 Å². The van der Waals surface area contributed by atoms with Crippen LogP contribution in [0.1, 0.15) is 4.79 Å². The zero-order chi connectivity index (χ0) is 18.2. The first-order valence-electron chi connectivity index (χ1n) is 7.71. The van der Waals surface area contributed by atoms with Crippen molar-refractivity contribution >= 4 is 51.1 Å². The summed E-state index contributed by atoms with van der Waals surface area (Å²) in [7, 11) is 0. The second kappa shape index (κ2) is 5.79. The maximum absolute atomic E-state index is 12.6. The quantitative estimate of drug-likeness (QED) is 0.365. The number of rotatable bonds is 1. The van der Waals surface area contributed by atoms with Crippen molar-refractivity contribution in [1.82, 2.24) is 14.5 Å². The van der Waals surface area contributed by atoms with E-state index in [1.807, 2.05) is 0 Å². The van der Waals surface area contributed by atoms with Gasteiger partial charge in [0.2, 0.25) is 5.95 Å². The molecule has 4 aliphatic rings. The Hall–Kier alpha value is -0.920. The number of ether oxygens (including phenoxy) is 1. The standard InChI is InChI=1S/C12H13BrN5O6PS/c13-11-15-5-8(16-12-14-1-2-17(12)9(5)20)18(11)10-6(19)7-4(23-10)3-22-25(21,26)24-7/h1-2,4-8,10,19H,3H2,(H,14,16)(H,21,26)/t4-,5?,6-,7-,8?,10-,25?/m1/s1. The molecule has 4 aliphatic heterocycles. The van der Waals surface area contributed by atoms with Crippen molar-refractivity contribution in [3.8, 4) is 0 Å². The minimum Gasteiger partial charge on any atom is -0.386 e. The van der Waals surface area contributed by atoms with Gasteiger partial charge in [0.1, 0.15) is 24.5 Å². The van der Waals surface area contributed by atoms with Gasteiger partial charge in [-0.25, -0.2) is 9.98 Å². The number of hydrogen-bond acceptors (Lipinski definition) is 10. The molecule has 26 heavy (non-hydrogen) atoms. The highest BCUT2D eigenvalue weighted by atomic mass is 79.9. The number of fused-ring (bicyclic) bond motifs is 3. The second-order valence-corrected chi connectivity index (χ2v) is 9.69. The first-order chi connectivity index (χ1) is 12.4. The average molecular weight is 466 g/mol. The van der Waals surface area contributed by atoms with Crippen molar-refractivity contribution in [3.05, 3.63) is 12.4 Å². The van der Waals surface area contributed by atoms with E-state index in [0.717, 1.165) is 0 Å². The Balaban J connectivity index is 1.45. The van der Waals surface area contributed by atoms with E-state index in [9.17, 15) is 14.8 Å². The van der Waals surface area contributed by atoms with E-state index in [1.54, 1.807) is 11.1 Å². The fourth-order valence-corrected chi connectivity index (χ4v) is 5.64. The van der Waals surface area contributed by atoms with Crippen LogP contribution in [-0.2, 0) is 25.6 Å². The molecule has 0 radical (unpaired) electrons. The number of aliphatic hydroxyl groups excluding tert-OH is 1. The summed E-state index contributed by atoms with van der Waals surface area (Å²) in [6.45, 7) is -3.38. The van der Waals surface area contributed by atoms with Crippen LogP contribution >= 0.6 is 22.6 Å². The third kappa shape index (κ3) is 2.43. The Morgan fingerprint density at radius 1 is 1.50 bits per heavy atom. The van der Waals surface area contributed by atoms with E-state index in [2.05, 4.69) is 31.2 Å². The van der Waals surface area contributed by atoms with E-state index >= 15 is 0 Å². The van der Waals surface area contributed by atoms with Crippen LogP contribution < -0.4 is 5.32 Å². The molecular formula is C12H13BrN5O6PS. The summed E-state index contributed by atoms with van der Waals surface area (Å²) in [5.74, 6) is 0.144. The molecule has 0 saturated carbocycles. The van der Waals surface area contributed by atoms with Crippen LogP contribution in [0.4, 0.5) is 5.95 Å². The Labute approximate surface area is 160 Å². The molecule has 14 heteroatoms. The first-order valence-corrected chi connectivity index (χ1v) is 11.1. The molecule has 7 atom stereocenters. The van der Waals surface area contributed by atoms with E-state index < -0.39 is 43.5 Å². The molecule has 11 nitrogen and oxygen atoms in total. The summed E-state index contributed by atoms with van der Waals surface area (Å²) in [4.78, 5) is 32.6. The molecule has 0 amide bonds. The van der Waals surface area contributed by atoms with Crippen LogP contribution in [-0.4, -0.2) is 78.5 Å². The van der Waals surface area contributed by atoms with E-state index in [0.29, 0.717) is 10.7 Å². The topological polar surface area (TPSA) is 131 Å². The lowest BCUT2D eigenvalue weighted by Crippen LogP contribution is -2.57. The van der Waals surface area contributed by atoms with Crippen molar-refractivity contribution in [3.63, 3.8) is 0 Å². The highest BCUT2D eigenvalue weighted by Crippen LogP contribution is 2.52. The number of nitrogens with zero attached hydrogens (tertiary/aromatic N) is 4. The number of aliphatic hydroxyl groups is 1. The number of aliphatic imine (C=N–C) groups is 1. The number of amidine groups is 1. The number of carbonyl (C=O) groups is 1. The van der Waals surface area contributed by atoms with Crippen LogP contribution in [0.3, 0.4) is 0 Å². The van der Waals surface area contributed by atoms with Crippen LogP contribution in [0.5, 0.6) is 0 Å². The van der Waals surface area contributed by atoms with Gasteiger partial charge in [-0.2, -0.15) is 0 Å². The third-order valence-corrected chi connectivity index (χ3v) is 6.88. The van der Waals surface area contributed by atoms with Gasteiger partial charge in [-0.05, 0) is 27.7 Å². The fourth-order valence-electron chi connectivity index (χ4n) is 3.55. The zero-order valence-corrected chi connectivity index (χ0v) is 16.2. The lowest BCUT2D eigenvalue weighted by molar-refractivity contribution is -0.0799. The molecule has 3 unspecified atom stereocenters. The number of anilines is 1. The molecule has 5 heterocycles. The normalized spacial score (nSPS) is 44.2. The molecule has 2 fully saturated rings. The van der Waals surface area contributed by atoms with Gasteiger partial charge in [0.15, 0.2) is 17.0 Å². The number of carbonyl (C=O) groups excluding carboxylic acids is 1. The lowest BCUT2D eigenvalue weighted by Gasteiger charge is -2.36. The van der Waals surface area contributed by atoms with Crippen LogP contribution in [0.15, 0.2) is 17.4 Å². The number of imidazole rings is 1. The van der Waals surface area contributed by atoms with Crippen LogP contribution in [0.25, 0.3) is 0 Å². The summed E-state index contributed by atoms with van der Waals surface area (Å²) in [6.07, 6.45) is -0.954. The predicted octanol–water partition coefficient (Wildman–Crippen LogP) is -0.572. The number of halogens is 1. The van der Waals surface area contributed by atoms with Crippen LogP contribution in [0.2, 0.25) is 0 Å². The van der Waals surface area contributed by atoms with Gasteiger partial charge in [0.05, 0.1) is 6.61 Å². The molecule has 0 bridgehead atoms. The monoisotopic (exact) mass is 465 g/mol. The molecule has 0 aliphatic carbocycles. The molecule has 0 spiro atoms. The smallest absolute Gasteiger partial charge is 0.325 e. The minimum absolute atomic E-state index is 0.0134. The van der Waals surface area contributed by atoms with Crippen LogP contribution in [0, 0.1) is 0 Å². The highest BCUT2D eigenvalue weighted by molar-refractivity contribution is 9.18. The molecule has 1 aromatic heterocycles. The van der Waals surface area contributed by atoms with Gasteiger partial charge in [0, 0.05) is 12.4 Å². The van der Waals surface area contributed by atoms with Gasteiger partial charge in [-0.3, -0.25) is 18.8 Å². The summed E-state index contributed by atoms with van der Waals surface area (Å²) in [5.41, 5.74) is 0. The van der Waals surface area contributed by atoms with Gasteiger partial charge in [-0.15, -0.1) is 0 Å². The minimum atomic E-state index is -3.39. The second-order valence-electron chi connectivity index (χ2n) is 6.19. The summed E-state index contributed by atoms with van der Waals surface area (Å²) in [5, 5.41) is 13.8. The van der Waals surface area contributed by atoms with E-state index in [1.165, 1.54) is 10.8 Å². The number of hydrogen-bond donors (Lipinski definition) is 3. The lowest BCUT2D eigenvalue weighted by atomic mass is 10.1. The van der Waals surface area contributed by atoms with Gasteiger partial charge in [-0.1, -0.05) is 0 Å². The van der Waals surface area contributed by atoms with Gasteiger partial charge >= 0.3 is 6.72 Å². The van der Waals surface area contributed by atoms with Gasteiger partial charge in [0.25, 0.3) is 5.91 Å². The van der Waals surface area contributed by atoms with E-state index in [4.69, 9.17) is 25.6 Å². The third-order valence-electron chi connectivity index (χ3n) is 4.71. The van der Waals surface area contributed by atoms with Crippen molar-refractivity contribution in [2.24, 2.45) is 4.99 Å². The maximum atomic E-state index is 12.6. The molecule has 2 saturated heterocycles.